The van der Waals surface area contributed by atoms with E-state index in [0.717, 1.165) is 22.2 Å². The van der Waals surface area contributed by atoms with Crippen LogP contribution in [-0.2, 0) is 0 Å². The number of benzene rings is 1. The van der Waals surface area contributed by atoms with E-state index in [2.05, 4.69) is 34.6 Å². The predicted octanol–water partition coefficient (Wildman–Crippen LogP) is 0.433. The first kappa shape index (κ1) is 11.3. The Morgan fingerprint density at radius 1 is 1.13 bits per heavy atom. The van der Waals surface area contributed by atoms with Gasteiger partial charge in [0.25, 0.3) is 0 Å². The van der Waals surface area contributed by atoms with Gasteiger partial charge < -0.3 is 5.32 Å². The molecule has 0 amide bonds. The van der Waals surface area contributed by atoms with Crippen molar-refractivity contribution in [2.45, 2.75) is 0 Å². The van der Waals surface area contributed by atoms with E-state index in [-0.39, 0.29) is 51.4 Å². The van der Waals surface area contributed by atoms with Crippen LogP contribution in [0.5, 0.6) is 0 Å². The topological polar surface area (TPSA) is 27.0 Å². The van der Waals surface area contributed by atoms with Gasteiger partial charge in [0.1, 0.15) is 0 Å². The fourth-order valence-electron chi connectivity index (χ4n) is 1.68. The molecule has 15 heavy (non-hydrogen) atoms. The minimum atomic E-state index is 0. The Hall–Kier alpha value is -0.194. The molecular weight excluding hydrogens is 211 g/mol. The van der Waals surface area contributed by atoms with Gasteiger partial charge in [0.2, 0.25) is 0 Å². The minimum Gasteiger partial charge on any atom is -0.677 e. The van der Waals surface area contributed by atoms with Crippen LogP contribution in [0.1, 0.15) is 5.56 Å². The summed E-state index contributed by atoms with van der Waals surface area (Å²) in [6, 6.07) is 8.15. The molecule has 0 atom stereocenters. The number of nitrogens with zero attached hydrogens (tertiary/aromatic N) is 2. The zero-order valence-electron chi connectivity index (χ0n) is 8.51. The summed E-state index contributed by atoms with van der Waals surface area (Å²) < 4.78 is 0. The number of aromatic nitrogens is 1. The molecule has 3 heteroatoms. The van der Waals surface area contributed by atoms with Gasteiger partial charge in [-0.25, -0.2) is 0 Å². The monoisotopic (exact) mass is 219 g/mol. The fraction of sp³-hybridized carbons (Fsp3) is 0. The van der Waals surface area contributed by atoms with Crippen molar-refractivity contribution in [1.82, 2.24) is 4.98 Å². The number of fused-ring (bicyclic) bond motifs is 3. The molecule has 0 unspecified atom stereocenters. The first-order chi connectivity index (χ1) is 6.95. The largest absolute Gasteiger partial charge is 1.00 e. The van der Waals surface area contributed by atoms with Crippen LogP contribution in [0.15, 0.2) is 36.5 Å². The summed E-state index contributed by atoms with van der Waals surface area (Å²) in [5, 5.41) is 5.48. The molecule has 2 heterocycles. The van der Waals surface area contributed by atoms with E-state index in [9.17, 15) is 0 Å². The van der Waals surface area contributed by atoms with E-state index in [1.54, 1.807) is 12.7 Å². The van der Waals surface area contributed by atoms with E-state index >= 15 is 0 Å². The Labute approximate surface area is 131 Å². The van der Waals surface area contributed by atoms with E-state index < -0.39 is 0 Å². The molecule has 3 rings (SSSR count). The van der Waals surface area contributed by atoms with Gasteiger partial charge in [-0.15, -0.1) is 12.2 Å². The quantitative estimate of drug-likeness (QED) is 0.590. The smallest absolute Gasteiger partial charge is 0.677 e. The molecule has 67 valence electrons. The third kappa shape index (κ3) is 2.03. The van der Waals surface area contributed by atoms with Gasteiger partial charge in [-0.3, -0.25) is 4.98 Å². The normalized spacial score (nSPS) is 12.8. The molecule has 1 aromatic heterocycles. The molecule has 0 N–H and O–H groups in total. The zero-order chi connectivity index (χ0) is 9.38. The first-order valence-electron chi connectivity index (χ1n) is 4.53. The van der Waals surface area contributed by atoms with Gasteiger partial charge in [0.15, 0.2) is 0 Å². The second-order valence-electron chi connectivity index (χ2n) is 3.22. The summed E-state index contributed by atoms with van der Waals surface area (Å²) in [6.07, 6.45) is 5.80. The zero-order valence-corrected chi connectivity index (χ0v) is 11.6. The molecule has 0 fully saturated rings. The van der Waals surface area contributed by atoms with Crippen LogP contribution < -0.4 is 51.4 Å². The Morgan fingerprint density at radius 3 is 3.00 bits per heavy atom. The van der Waals surface area contributed by atoms with Gasteiger partial charge in [-0.1, -0.05) is 30.4 Å². The maximum Gasteiger partial charge on any atom is 1.00 e. The van der Waals surface area contributed by atoms with Crippen molar-refractivity contribution < 1.29 is 51.4 Å². The van der Waals surface area contributed by atoms with Gasteiger partial charge in [0, 0.05) is 6.20 Å². The Morgan fingerprint density at radius 2 is 2.07 bits per heavy atom. The van der Waals surface area contributed by atoms with Crippen molar-refractivity contribution in [2.24, 2.45) is 0 Å². The second-order valence-corrected chi connectivity index (χ2v) is 3.22. The molecule has 1 aliphatic rings. The fourth-order valence-corrected chi connectivity index (χ4v) is 1.68. The number of pyridine rings is 1. The molecule has 1 aliphatic heterocycles. The van der Waals surface area contributed by atoms with Crippen LogP contribution in [-0.4, -0.2) is 4.98 Å². The standard InChI is InChI=1S/C12H8N2.K/c1-3-9-5-6-10-4-2-8-14-12(10)11(9)13-7-1;/h1-8H;/q-1;+1. The van der Waals surface area contributed by atoms with Crippen LogP contribution in [0.4, 0.5) is 5.69 Å². The molecule has 0 spiro atoms. The maximum atomic E-state index is 4.35. The van der Waals surface area contributed by atoms with E-state index in [1.807, 2.05) is 12.1 Å². The summed E-state index contributed by atoms with van der Waals surface area (Å²) in [5.41, 5.74) is 3.09. The van der Waals surface area contributed by atoms with E-state index in [4.69, 9.17) is 0 Å². The Bertz CT molecular complexity index is 520. The van der Waals surface area contributed by atoms with E-state index in [1.165, 1.54) is 0 Å². The Balaban J connectivity index is 0.000000853. The van der Waals surface area contributed by atoms with Gasteiger partial charge in [0.05, 0.1) is 5.52 Å². The van der Waals surface area contributed by atoms with Gasteiger partial charge in [-0.2, -0.15) is 0 Å². The summed E-state index contributed by atoms with van der Waals surface area (Å²) >= 11 is 0. The van der Waals surface area contributed by atoms with Crippen LogP contribution in [0.3, 0.4) is 0 Å². The number of hydrogen-bond acceptors (Lipinski definition) is 1. The number of rotatable bonds is 0. The molecule has 1 radical (unpaired) electrons. The third-order valence-corrected chi connectivity index (χ3v) is 2.34. The molecule has 1 aromatic carbocycles. The average Bonchev–Trinajstić information content (AvgIpc) is 2.29. The SMILES string of the molecule is [CH]1C=Cc2ccc3cccnc3c2[N-]1.[K+]. The maximum absolute atomic E-state index is 4.35. The van der Waals surface area contributed by atoms with Gasteiger partial charge in [-0.05, 0) is 17.0 Å². The molecule has 0 bridgehead atoms. The molecule has 0 aliphatic carbocycles. The van der Waals surface area contributed by atoms with E-state index in [0.29, 0.717) is 0 Å². The second kappa shape index (κ2) is 4.76. The minimum absolute atomic E-state index is 0. The van der Waals surface area contributed by atoms with Crippen LogP contribution in [0.2, 0.25) is 0 Å². The molecule has 2 aromatic rings. The Kier molecular flexibility index (Phi) is 3.59. The van der Waals surface area contributed by atoms with Crippen molar-refractivity contribution in [1.29, 1.82) is 0 Å². The average molecular weight is 219 g/mol. The summed E-state index contributed by atoms with van der Waals surface area (Å²) in [5.74, 6) is 0. The summed E-state index contributed by atoms with van der Waals surface area (Å²) in [7, 11) is 0. The van der Waals surface area contributed by atoms with Gasteiger partial charge >= 0.3 is 51.4 Å². The predicted molar refractivity (Wildman–Crippen MR) is 58.1 cm³/mol. The van der Waals surface area contributed by atoms with Crippen molar-refractivity contribution in [3.8, 4) is 0 Å². The van der Waals surface area contributed by atoms with Crippen molar-refractivity contribution in [3.05, 3.63) is 54.0 Å². The molecule has 2 nitrogen and oxygen atoms in total. The van der Waals surface area contributed by atoms with Crippen LogP contribution in [0.25, 0.3) is 22.3 Å². The van der Waals surface area contributed by atoms with Crippen molar-refractivity contribution in [2.75, 3.05) is 0 Å². The van der Waals surface area contributed by atoms with Crippen molar-refractivity contribution in [3.63, 3.8) is 0 Å². The number of hydrogen-bond donors (Lipinski definition) is 0. The molecule has 0 saturated carbocycles. The first-order valence-corrected chi connectivity index (χ1v) is 4.53. The third-order valence-electron chi connectivity index (χ3n) is 2.34. The van der Waals surface area contributed by atoms with Crippen LogP contribution >= 0.6 is 0 Å². The summed E-state index contributed by atoms with van der Waals surface area (Å²) in [4.78, 5) is 4.35. The molecular formula is C12H8KN2. The van der Waals surface area contributed by atoms with Crippen LogP contribution in [0, 0.1) is 6.54 Å². The summed E-state index contributed by atoms with van der Waals surface area (Å²) in [6.45, 7) is 1.80. The molecule has 0 saturated heterocycles. The van der Waals surface area contributed by atoms with Crippen molar-refractivity contribution >= 4 is 22.7 Å².